The molecule has 0 radical (unpaired) electrons. The molecule has 0 bridgehead atoms. The Morgan fingerprint density at radius 1 is 1.27 bits per heavy atom. The molecular formula is C30H42N2O. The Morgan fingerprint density at radius 3 is 2.76 bits per heavy atom. The molecule has 0 aromatic rings. The second-order valence-corrected chi connectivity index (χ2v) is 7.51. The Labute approximate surface area is 202 Å². The molecule has 2 rings (SSSR count). The van der Waals surface area contributed by atoms with Crippen LogP contribution in [-0.2, 0) is 4.74 Å². The van der Waals surface area contributed by atoms with E-state index in [2.05, 4.69) is 72.1 Å². The van der Waals surface area contributed by atoms with Gasteiger partial charge in [0.15, 0.2) is 0 Å². The summed E-state index contributed by atoms with van der Waals surface area (Å²) in [7, 11) is 3.75. The highest BCUT2D eigenvalue weighted by Gasteiger charge is 2.12. The molecule has 2 aliphatic rings. The maximum Gasteiger partial charge on any atom is 0.0999 e. The van der Waals surface area contributed by atoms with Crippen molar-refractivity contribution in [2.75, 3.05) is 14.2 Å². The van der Waals surface area contributed by atoms with Gasteiger partial charge in [0.25, 0.3) is 0 Å². The first-order valence-electron chi connectivity index (χ1n) is 12.1. The van der Waals surface area contributed by atoms with E-state index in [0.29, 0.717) is 0 Å². The number of nitrogens with zero attached hydrogens (tertiary/aromatic N) is 1. The average molecular weight is 447 g/mol. The van der Waals surface area contributed by atoms with Gasteiger partial charge in [-0.25, -0.2) is 0 Å². The van der Waals surface area contributed by atoms with Crippen molar-refractivity contribution in [1.82, 2.24) is 5.32 Å². The highest BCUT2D eigenvalue weighted by atomic mass is 16.5. The topological polar surface area (TPSA) is 33.6 Å². The highest BCUT2D eigenvalue weighted by molar-refractivity contribution is 5.60. The summed E-state index contributed by atoms with van der Waals surface area (Å²) in [5, 5.41) is 3.46. The van der Waals surface area contributed by atoms with E-state index in [4.69, 9.17) is 4.74 Å². The Hall–Kier alpha value is -2.87. The van der Waals surface area contributed by atoms with Gasteiger partial charge in [-0.2, -0.15) is 0 Å². The summed E-state index contributed by atoms with van der Waals surface area (Å²) < 4.78 is 5.54. The molecule has 0 saturated carbocycles. The van der Waals surface area contributed by atoms with Crippen molar-refractivity contribution >= 4 is 6.21 Å². The van der Waals surface area contributed by atoms with Crippen molar-refractivity contribution in [3.05, 3.63) is 101 Å². The summed E-state index contributed by atoms with van der Waals surface area (Å²) in [4.78, 5) is 4.34. The van der Waals surface area contributed by atoms with Crippen LogP contribution in [0.5, 0.6) is 0 Å². The lowest BCUT2D eigenvalue weighted by Crippen LogP contribution is -2.28. The number of rotatable bonds is 10. The van der Waals surface area contributed by atoms with Crippen LogP contribution >= 0.6 is 0 Å². The molecule has 0 aromatic heterocycles. The molecule has 3 nitrogen and oxygen atoms in total. The van der Waals surface area contributed by atoms with Crippen LogP contribution in [-0.4, -0.2) is 26.4 Å². The summed E-state index contributed by atoms with van der Waals surface area (Å²) in [5.74, 6) is 0.981. The fourth-order valence-corrected chi connectivity index (χ4v) is 3.60. The Bertz CT molecular complexity index is 884. The molecule has 1 N–H and O–H groups in total. The molecule has 0 aromatic carbocycles. The minimum atomic E-state index is 0.242. The third-order valence-corrected chi connectivity index (χ3v) is 5.23. The zero-order chi connectivity index (χ0) is 24.3. The fourth-order valence-electron chi connectivity index (χ4n) is 3.60. The van der Waals surface area contributed by atoms with Crippen LogP contribution in [0.15, 0.2) is 106 Å². The van der Waals surface area contributed by atoms with Gasteiger partial charge in [0.05, 0.1) is 12.9 Å². The summed E-state index contributed by atoms with van der Waals surface area (Å²) in [6, 6.07) is 0.242. The predicted octanol–water partition coefficient (Wildman–Crippen LogP) is 7.71. The number of methoxy groups -OCH3 is 1. The van der Waals surface area contributed by atoms with E-state index in [-0.39, 0.29) is 6.04 Å². The Kier molecular flexibility index (Phi) is 15.1. The van der Waals surface area contributed by atoms with Crippen LogP contribution in [0.3, 0.4) is 0 Å². The van der Waals surface area contributed by atoms with Gasteiger partial charge >= 0.3 is 0 Å². The van der Waals surface area contributed by atoms with Crippen molar-refractivity contribution in [2.45, 2.75) is 65.3 Å². The minimum absolute atomic E-state index is 0.242. The van der Waals surface area contributed by atoms with Crippen molar-refractivity contribution < 1.29 is 4.74 Å². The summed E-state index contributed by atoms with van der Waals surface area (Å²) >= 11 is 0. The Morgan fingerprint density at radius 2 is 2.06 bits per heavy atom. The second kappa shape index (κ2) is 17.7. The molecule has 2 aliphatic carbocycles. The molecular weight excluding hydrogens is 404 g/mol. The van der Waals surface area contributed by atoms with Crippen molar-refractivity contribution in [3.63, 3.8) is 0 Å². The van der Waals surface area contributed by atoms with E-state index in [9.17, 15) is 0 Å². The van der Waals surface area contributed by atoms with Gasteiger partial charge in [-0.05, 0) is 50.1 Å². The number of likely N-dealkylation sites (N-methyl/N-ethyl adjacent to an activating group) is 1. The molecule has 0 aliphatic heterocycles. The van der Waals surface area contributed by atoms with E-state index < -0.39 is 0 Å². The third kappa shape index (κ3) is 10.5. The molecule has 1 unspecified atom stereocenters. The van der Waals surface area contributed by atoms with E-state index in [0.717, 1.165) is 49.9 Å². The van der Waals surface area contributed by atoms with Crippen LogP contribution in [0.2, 0.25) is 0 Å². The molecule has 3 heteroatoms. The largest absolute Gasteiger partial charge is 0.501 e. The second-order valence-electron chi connectivity index (χ2n) is 7.51. The zero-order valence-electron chi connectivity index (χ0n) is 21.2. The third-order valence-electron chi connectivity index (χ3n) is 5.23. The van der Waals surface area contributed by atoms with Gasteiger partial charge in [0, 0.05) is 42.4 Å². The standard InChI is InChI=1S/C28H36N2O.C2H6/c1-5-7-18-30-19-17-28(29-3)26(12-6-2)21-23-13-8-9-15-25-22-27(31-4)16-11-10-14-24(25)20-23;1-2/h5,7-8,10-11,13,15,18-19,21-22,28-29H,1,6,9,12,14,16-17H2,2-4H3;1-2H3/b11-10?,13-8-,18-7-,25-15-,26-21+,27-22+,30-19?;. The quantitative estimate of drug-likeness (QED) is 0.161. The van der Waals surface area contributed by atoms with E-state index in [1.807, 2.05) is 33.2 Å². The Balaban J connectivity index is 0.00000265. The van der Waals surface area contributed by atoms with Gasteiger partial charge in [-0.3, -0.25) is 4.99 Å². The van der Waals surface area contributed by atoms with E-state index in [1.165, 1.54) is 16.7 Å². The predicted molar refractivity (Wildman–Crippen MR) is 145 cm³/mol. The SMILES string of the molecule is C=C/C=C\N=CCC(NC)/C(=C/C1=C=C2CC=CC/C(OC)=C\C2=C\C/C=C\1)CCC.CC. The zero-order valence-corrected chi connectivity index (χ0v) is 21.2. The van der Waals surface area contributed by atoms with Gasteiger partial charge in [-0.15, -0.1) is 5.73 Å². The van der Waals surface area contributed by atoms with Crippen LogP contribution in [0.1, 0.15) is 59.3 Å². The maximum atomic E-state index is 5.54. The molecule has 0 amide bonds. The van der Waals surface area contributed by atoms with Crippen molar-refractivity contribution in [1.29, 1.82) is 0 Å². The molecule has 0 saturated heterocycles. The van der Waals surface area contributed by atoms with Crippen LogP contribution in [0.25, 0.3) is 0 Å². The number of hydrogen-bond donors (Lipinski definition) is 1. The lowest BCUT2D eigenvalue weighted by molar-refractivity contribution is 0.284. The molecule has 0 spiro atoms. The maximum absolute atomic E-state index is 5.54. The highest BCUT2D eigenvalue weighted by Crippen LogP contribution is 2.25. The van der Waals surface area contributed by atoms with Gasteiger partial charge < -0.3 is 10.1 Å². The summed E-state index contributed by atoms with van der Waals surface area (Å²) in [5.41, 5.74) is 8.59. The van der Waals surface area contributed by atoms with Crippen molar-refractivity contribution in [2.24, 2.45) is 4.99 Å². The molecule has 1 atom stereocenters. The summed E-state index contributed by atoms with van der Waals surface area (Å²) in [6.45, 7) is 9.89. The van der Waals surface area contributed by atoms with E-state index in [1.54, 1.807) is 19.4 Å². The lowest BCUT2D eigenvalue weighted by Gasteiger charge is -2.18. The number of allylic oxidation sites excluding steroid dienone is 11. The average Bonchev–Trinajstić information content (AvgIpc) is 2.82. The number of aliphatic imine (C=N–C) groups is 1. The van der Waals surface area contributed by atoms with Crippen LogP contribution in [0, 0.1) is 0 Å². The first-order chi connectivity index (χ1) is 16.2. The first kappa shape index (κ1) is 28.2. The van der Waals surface area contributed by atoms with Crippen LogP contribution < -0.4 is 5.32 Å². The van der Waals surface area contributed by atoms with Gasteiger partial charge in [0.2, 0.25) is 0 Å². The minimum Gasteiger partial charge on any atom is -0.501 e. The number of hydrogen-bond acceptors (Lipinski definition) is 3. The molecule has 33 heavy (non-hydrogen) atoms. The first-order valence-corrected chi connectivity index (χ1v) is 12.1. The number of nitrogens with one attached hydrogen (secondary N) is 1. The number of fused-ring (bicyclic) bond motifs is 1. The van der Waals surface area contributed by atoms with Gasteiger partial charge in [-0.1, -0.05) is 75.8 Å². The molecule has 0 fully saturated rings. The molecule has 178 valence electrons. The van der Waals surface area contributed by atoms with E-state index >= 15 is 0 Å². The monoisotopic (exact) mass is 446 g/mol. The lowest BCUT2D eigenvalue weighted by atomic mass is 9.93. The normalized spacial score (nSPS) is 21.4. The smallest absolute Gasteiger partial charge is 0.0999 e. The fraction of sp³-hybridized carbons (Fsp3) is 0.400. The van der Waals surface area contributed by atoms with Gasteiger partial charge in [0.1, 0.15) is 0 Å². The van der Waals surface area contributed by atoms with Crippen molar-refractivity contribution in [3.8, 4) is 0 Å². The summed E-state index contributed by atoms with van der Waals surface area (Å²) in [6.07, 6.45) is 28.4. The number of ether oxygens (including phenoxy) is 1. The van der Waals surface area contributed by atoms with Crippen LogP contribution in [0.4, 0.5) is 0 Å². The molecule has 0 heterocycles.